The minimum atomic E-state index is 0. The van der Waals surface area contributed by atoms with Crippen LogP contribution in [-0.4, -0.2) is 10.8 Å². The van der Waals surface area contributed by atoms with E-state index in [-0.39, 0.29) is 29.3 Å². The van der Waals surface area contributed by atoms with Crippen molar-refractivity contribution >= 4 is 16.6 Å². The van der Waals surface area contributed by atoms with Crippen LogP contribution in [0.5, 0.6) is 0 Å². The summed E-state index contributed by atoms with van der Waals surface area (Å²) in [6.45, 7) is 2.34. The quantitative estimate of drug-likeness (QED) is 0.370. The number of carbonyl (C=O) groups excluding carboxylic acids is 1. The summed E-state index contributed by atoms with van der Waals surface area (Å²) in [5.41, 5.74) is 3.92. The fraction of sp³-hybridized carbons (Fsp3) is 0.0870. The normalized spacial score (nSPS) is 10.4. The molecule has 0 aliphatic heterocycles. The summed E-state index contributed by atoms with van der Waals surface area (Å²) in [6, 6.07) is 24.1. The number of benzene rings is 3. The maximum absolute atomic E-state index is 12.6. The summed E-state index contributed by atoms with van der Waals surface area (Å²) in [4.78, 5) is 17.1. The molecule has 3 nitrogen and oxygen atoms in total. The van der Waals surface area contributed by atoms with E-state index >= 15 is 0 Å². The van der Waals surface area contributed by atoms with Gasteiger partial charge in [0.25, 0.3) is 6.33 Å². The van der Waals surface area contributed by atoms with Gasteiger partial charge in [-0.25, -0.2) is 4.57 Å². The van der Waals surface area contributed by atoms with E-state index in [1.165, 1.54) is 5.56 Å². The maximum atomic E-state index is 12.6. The highest BCUT2D eigenvalue weighted by molar-refractivity contribution is 5.99. The zero-order chi connectivity index (χ0) is 17.9. The number of rotatable bonds is 4. The summed E-state index contributed by atoms with van der Waals surface area (Å²) >= 11 is 0. The van der Waals surface area contributed by atoms with Crippen LogP contribution < -0.4 is 21.5 Å². The molecule has 0 aliphatic rings. The third-order valence-corrected chi connectivity index (χ3v) is 4.51. The number of fused-ring (bicyclic) bond motifs is 1. The number of hydrogen-bond donors (Lipinski definition) is 0. The molecule has 0 N–H and O–H groups in total. The highest BCUT2D eigenvalue weighted by Crippen LogP contribution is 2.17. The van der Waals surface area contributed by atoms with Crippen molar-refractivity contribution in [1.82, 2.24) is 4.98 Å². The average Bonchev–Trinajstić information content (AvgIpc) is 2.69. The van der Waals surface area contributed by atoms with Gasteiger partial charge in [-0.15, -0.1) is 0 Å². The van der Waals surface area contributed by atoms with E-state index in [9.17, 15) is 4.79 Å². The molecule has 0 unspecified atom stereocenters. The number of nitrogens with zero attached hydrogens (tertiary/aromatic N) is 2. The second-order valence-electron chi connectivity index (χ2n) is 6.47. The fourth-order valence-corrected chi connectivity index (χ4v) is 2.99. The molecule has 1 heterocycles. The summed E-state index contributed by atoms with van der Waals surface area (Å²) in [5.74, 6) is 0.0747. The topological polar surface area (TPSA) is 33.8 Å². The highest BCUT2D eigenvalue weighted by Gasteiger charge is 2.12. The molecule has 4 rings (SSSR count). The van der Waals surface area contributed by atoms with Gasteiger partial charge in [-0.05, 0) is 28.7 Å². The lowest BCUT2D eigenvalue weighted by molar-refractivity contribution is -0.686. The second kappa shape index (κ2) is 8.23. The predicted octanol–water partition coefficient (Wildman–Crippen LogP) is 1.38. The van der Waals surface area contributed by atoms with Gasteiger partial charge in [0.1, 0.15) is 0 Å². The van der Waals surface area contributed by atoms with Crippen molar-refractivity contribution in [1.29, 1.82) is 0 Å². The van der Waals surface area contributed by atoms with Crippen LogP contribution in [0.25, 0.3) is 22.0 Å². The summed E-state index contributed by atoms with van der Waals surface area (Å²) in [5, 5.41) is 2.22. The van der Waals surface area contributed by atoms with Crippen molar-refractivity contribution < 1.29 is 26.3 Å². The zero-order valence-electron chi connectivity index (χ0n) is 15.0. The molecule has 134 valence electrons. The zero-order valence-corrected chi connectivity index (χ0v) is 16.6. The Morgan fingerprint density at radius 2 is 1.67 bits per heavy atom. The van der Waals surface area contributed by atoms with Gasteiger partial charge < -0.3 is 17.0 Å². The molecule has 0 amide bonds. The van der Waals surface area contributed by atoms with Gasteiger partial charge in [-0.1, -0.05) is 66.2 Å². The molecule has 0 saturated heterocycles. The van der Waals surface area contributed by atoms with E-state index in [2.05, 4.69) is 36.2 Å². The van der Waals surface area contributed by atoms with Gasteiger partial charge in [0.05, 0.1) is 6.20 Å². The van der Waals surface area contributed by atoms with Crippen LogP contribution in [0, 0.1) is 6.92 Å². The Hall–Kier alpha value is -2.85. The molecule has 27 heavy (non-hydrogen) atoms. The van der Waals surface area contributed by atoms with Crippen LogP contribution in [0.4, 0.5) is 0 Å². The Kier molecular flexibility index (Phi) is 5.77. The van der Waals surface area contributed by atoms with Gasteiger partial charge in [0.2, 0.25) is 5.78 Å². The van der Waals surface area contributed by atoms with Gasteiger partial charge in [0, 0.05) is 17.2 Å². The first kappa shape index (κ1) is 18.9. The number of aryl methyl sites for hydroxylation is 1. The van der Waals surface area contributed by atoms with Gasteiger partial charge in [-0.3, -0.25) is 4.79 Å². The second-order valence-corrected chi connectivity index (χ2v) is 6.47. The molecule has 0 atom stereocenters. The van der Waals surface area contributed by atoms with Crippen molar-refractivity contribution in [2.75, 3.05) is 0 Å². The van der Waals surface area contributed by atoms with E-state index < -0.39 is 0 Å². The number of halogens is 1. The third kappa shape index (κ3) is 4.29. The molecule has 0 aliphatic carbocycles. The van der Waals surface area contributed by atoms with Crippen LogP contribution in [0.1, 0.15) is 15.9 Å². The third-order valence-electron chi connectivity index (χ3n) is 4.51. The monoisotopic (exact) mass is 418 g/mol. The van der Waals surface area contributed by atoms with Crippen molar-refractivity contribution in [3.05, 3.63) is 96.4 Å². The lowest BCUT2D eigenvalue weighted by Gasteiger charge is -2.03. The Bertz CT molecular complexity index is 1070. The van der Waals surface area contributed by atoms with Crippen molar-refractivity contribution in [3.8, 4) is 11.3 Å². The van der Waals surface area contributed by atoms with Crippen LogP contribution >= 0.6 is 0 Å². The average molecular weight is 419 g/mol. The predicted molar refractivity (Wildman–Crippen MR) is 103 cm³/mol. The Morgan fingerprint density at radius 1 is 0.926 bits per heavy atom. The number of Topliss-reactive ketones (excluding diaryl/α,β-unsaturated/α-hetero) is 1. The van der Waals surface area contributed by atoms with E-state index in [0.29, 0.717) is 0 Å². The van der Waals surface area contributed by atoms with Crippen molar-refractivity contribution in [2.24, 2.45) is 0 Å². The number of aromatic nitrogens is 2. The first-order valence-electron chi connectivity index (χ1n) is 8.63. The fourth-order valence-electron chi connectivity index (χ4n) is 2.99. The Balaban J connectivity index is 0.00000210. The largest absolute Gasteiger partial charge is 1.00 e. The van der Waals surface area contributed by atoms with E-state index in [1.54, 1.807) is 6.33 Å². The number of ketones is 1. The molecular weight excluding hydrogens is 400 g/mol. The molecule has 0 saturated carbocycles. The van der Waals surface area contributed by atoms with Crippen LogP contribution in [0.15, 0.2) is 85.3 Å². The lowest BCUT2D eigenvalue weighted by atomic mass is 10.0. The summed E-state index contributed by atoms with van der Waals surface area (Å²) in [7, 11) is 0. The number of hydrogen-bond acceptors (Lipinski definition) is 2. The maximum Gasteiger partial charge on any atom is 0.287 e. The molecule has 0 fully saturated rings. The smallest absolute Gasteiger partial charge is 0.287 e. The molecule has 1 aromatic heterocycles. The van der Waals surface area contributed by atoms with Crippen LogP contribution in [0.2, 0.25) is 0 Å². The SMILES string of the molecule is Cc1ccc(-c2cc[n+](CC(=O)c3ccc4ccccc4c3)cn2)cc1.[Br-]. The summed E-state index contributed by atoms with van der Waals surface area (Å²) < 4.78 is 1.81. The molecule has 0 spiro atoms. The first-order chi connectivity index (χ1) is 12.7. The summed E-state index contributed by atoms with van der Waals surface area (Å²) in [6.07, 6.45) is 3.62. The highest BCUT2D eigenvalue weighted by atomic mass is 79.9. The Labute approximate surface area is 169 Å². The standard InChI is InChI=1S/C23H19N2O.BrH/c1-17-6-8-19(9-7-17)22-12-13-25(16-24-22)15-23(26)21-11-10-18-4-2-3-5-20(18)14-21;/h2-14,16H,15H2,1H3;1H/q+1;/p-1. The molecule has 0 bridgehead atoms. The minimum Gasteiger partial charge on any atom is -1.00 e. The Morgan fingerprint density at radius 3 is 2.37 bits per heavy atom. The lowest BCUT2D eigenvalue weighted by Crippen LogP contribution is -3.00. The van der Waals surface area contributed by atoms with Gasteiger partial charge >= 0.3 is 0 Å². The van der Waals surface area contributed by atoms with E-state index in [4.69, 9.17) is 0 Å². The van der Waals surface area contributed by atoms with Crippen molar-refractivity contribution in [3.63, 3.8) is 0 Å². The molecule has 4 heteroatoms. The molecule has 4 aromatic rings. The van der Waals surface area contributed by atoms with E-state index in [1.807, 2.05) is 59.3 Å². The van der Waals surface area contributed by atoms with Gasteiger partial charge in [0.15, 0.2) is 12.2 Å². The molecule has 0 radical (unpaired) electrons. The number of carbonyl (C=O) groups is 1. The first-order valence-corrected chi connectivity index (χ1v) is 8.63. The van der Waals surface area contributed by atoms with Crippen LogP contribution in [0.3, 0.4) is 0 Å². The van der Waals surface area contributed by atoms with Crippen molar-refractivity contribution in [2.45, 2.75) is 13.5 Å². The molecular formula is C23H19BrN2O. The van der Waals surface area contributed by atoms with Gasteiger partial charge in [-0.2, -0.15) is 0 Å². The molecule has 3 aromatic carbocycles. The van der Waals surface area contributed by atoms with Crippen LogP contribution in [-0.2, 0) is 6.54 Å². The van der Waals surface area contributed by atoms with E-state index in [0.717, 1.165) is 27.6 Å². The minimum absolute atomic E-state index is 0.